The van der Waals surface area contributed by atoms with Gasteiger partial charge in [-0.05, 0) is 30.7 Å². The highest BCUT2D eigenvalue weighted by Gasteiger charge is 2.12. The minimum absolute atomic E-state index is 0.0518. The van der Waals surface area contributed by atoms with Crippen LogP contribution in [-0.4, -0.2) is 14.1 Å². The maximum Gasteiger partial charge on any atom is 0.213 e. The summed E-state index contributed by atoms with van der Waals surface area (Å²) < 4.78 is 4.14. The third-order valence-corrected chi connectivity index (χ3v) is 5.18. The molecule has 0 bridgehead atoms. The van der Waals surface area contributed by atoms with Gasteiger partial charge in [-0.3, -0.25) is 9.36 Å². The Morgan fingerprint density at radius 1 is 0.889 bits per heavy atom. The van der Waals surface area contributed by atoms with Crippen LogP contribution < -0.4 is 5.43 Å². The van der Waals surface area contributed by atoms with Crippen molar-refractivity contribution in [3.8, 4) is 5.69 Å². The van der Waals surface area contributed by atoms with E-state index in [1.807, 2.05) is 59.3 Å². The van der Waals surface area contributed by atoms with Gasteiger partial charge in [-0.25, -0.2) is 4.98 Å². The number of para-hydroxylation sites is 3. The fourth-order valence-corrected chi connectivity index (χ4v) is 3.72. The number of fused-ring (bicyclic) bond motifs is 2. The van der Waals surface area contributed by atoms with Crippen molar-refractivity contribution < 1.29 is 0 Å². The standard InChI is InChI=1S/C23H25N3O/c1-2-3-4-5-10-15-25-16-22(23(27)18-11-6-8-13-20(18)25)26-17-24-19-12-7-9-14-21(19)26/h6-9,11-14,16-17H,2-5,10,15H2,1H3. The topological polar surface area (TPSA) is 39.8 Å². The normalized spacial score (nSPS) is 11.4. The predicted molar refractivity (Wildman–Crippen MR) is 112 cm³/mol. The maximum atomic E-state index is 13.2. The van der Waals surface area contributed by atoms with Crippen molar-refractivity contribution in [2.75, 3.05) is 0 Å². The molecule has 0 spiro atoms. The van der Waals surface area contributed by atoms with Gasteiger partial charge in [0.1, 0.15) is 12.0 Å². The van der Waals surface area contributed by atoms with Gasteiger partial charge in [0.2, 0.25) is 5.43 Å². The third kappa shape index (κ3) is 3.39. The van der Waals surface area contributed by atoms with Crippen LogP contribution in [0.4, 0.5) is 0 Å². The lowest BCUT2D eigenvalue weighted by Crippen LogP contribution is -2.16. The molecule has 4 aromatic rings. The minimum atomic E-state index is 0.0518. The molecule has 0 radical (unpaired) electrons. The summed E-state index contributed by atoms with van der Waals surface area (Å²) in [7, 11) is 0. The van der Waals surface area contributed by atoms with E-state index in [0.717, 1.165) is 34.9 Å². The molecule has 0 N–H and O–H groups in total. The van der Waals surface area contributed by atoms with Crippen molar-refractivity contribution in [1.29, 1.82) is 0 Å². The fourth-order valence-electron chi connectivity index (χ4n) is 3.72. The van der Waals surface area contributed by atoms with Crippen LogP contribution in [-0.2, 0) is 6.54 Å². The van der Waals surface area contributed by atoms with Gasteiger partial charge < -0.3 is 4.57 Å². The van der Waals surface area contributed by atoms with Crippen LogP contribution in [0.1, 0.15) is 39.0 Å². The molecule has 0 amide bonds. The predicted octanol–water partition coefficient (Wildman–Crippen LogP) is 5.31. The molecule has 2 heterocycles. The molecular weight excluding hydrogens is 334 g/mol. The van der Waals surface area contributed by atoms with Gasteiger partial charge in [-0.15, -0.1) is 0 Å². The number of nitrogens with zero attached hydrogens (tertiary/aromatic N) is 3. The first-order valence-electron chi connectivity index (χ1n) is 9.84. The second kappa shape index (κ2) is 7.78. The lowest BCUT2D eigenvalue weighted by molar-refractivity contribution is 0.575. The summed E-state index contributed by atoms with van der Waals surface area (Å²) in [5.41, 5.74) is 3.58. The Hall–Kier alpha value is -2.88. The second-order valence-electron chi connectivity index (χ2n) is 7.07. The molecule has 0 aliphatic heterocycles. The van der Waals surface area contributed by atoms with Crippen LogP contribution in [0.2, 0.25) is 0 Å². The Bertz CT molecular complexity index is 1120. The Morgan fingerprint density at radius 3 is 2.48 bits per heavy atom. The zero-order chi connectivity index (χ0) is 18.6. The summed E-state index contributed by atoms with van der Waals surface area (Å²) in [6, 6.07) is 15.8. The first-order valence-corrected chi connectivity index (χ1v) is 9.84. The van der Waals surface area contributed by atoms with Crippen molar-refractivity contribution in [3.05, 3.63) is 71.3 Å². The number of pyridine rings is 1. The van der Waals surface area contributed by atoms with Crippen molar-refractivity contribution in [3.63, 3.8) is 0 Å². The Kier molecular flexibility index (Phi) is 5.05. The highest BCUT2D eigenvalue weighted by molar-refractivity contribution is 5.83. The maximum absolute atomic E-state index is 13.2. The molecular formula is C23H25N3O. The van der Waals surface area contributed by atoms with Gasteiger partial charge in [0.25, 0.3) is 0 Å². The molecule has 0 aliphatic rings. The van der Waals surface area contributed by atoms with E-state index in [4.69, 9.17) is 0 Å². The highest BCUT2D eigenvalue weighted by Crippen LogP contribution is 2.19. The largest absolute Gasteiger partial charge is 0.345 e. The van der Waals surface area contributed by atoms with Gasteiger partial charge in [-0.2, -0.15) is 0 Å². The quantitative estimate of drug-likeness (QED) is 0.419. The van der Waals surface area contributed by atoms with E-state index in [1.165, 1.54) is 25.7 Å². The third-order valence-electron chi connectivity index (χ3n) is 5.18. The molecule has 4 rings (SSSR count). The van der Waals surface area contributed by atoms with Gasteiger partial charge >= 0.3 is 0 Å². The minimum Gasteiger partial charge on any atom is -0.345 e. The van der Waals surface area contributed by atoms with Crippen LogP contribution in [0.15, 0.2) is 65.8 Å². The monoisotopic (exact) mass is 359 g/mol. The number of aryl methyl sites for hydroxylation is 1. The molecule has 2 aromatic carbocycles. The van der Waals surface area contributed by atoms with Crippen molar-refractivity contribution in [1.82, 2.24) is 14.1 Å². The van der Waals surface area contributed by atoms with E-state index >= 15 is 0 Å². The number of hydrogen-bond donors (Lipinski definition) is 0. The lowest BCUT2D eigenvalue weighted by atomic mass is 10.1. The van der Waals surface area contributed by atoms with Crippen molar-refractivity contribution in [2.24, 2.45) is 0 Å². The number of hydrogen-bond acceptors (Lipinski definition) is 2. The van der Waals surface area contributed by atoms with E-state index in [1.54, 1.807) is 6.33 Å². The summed E-state index contributed by atoms with van der Waals surface area (Å²) >= 11 is 0. The number of rotatable bonds is 7. The second-order valence-corrected chi connectivity index (χ2v) is 7.07. The number of imidazole rings is 1. The zero-order valence-corrected chi connectivity index (χ0v) is 15.8. The SMILES string of the molecule is CCCCCCCn1cc(-n2cnc3ccccc32)c(=O)c2ccccc21. The number of unbranched alkanes of at least 4 members (excludes halogenated alkanes) is 4. The summed E-state index contributed by atoms with van der Waals surface area (Å²) in [6.07, 6.45) is 9.90. The fraction of sp³-hybridized carbons (Fsp3) is 0.304. The van der Waals surface area contributed by atoms with Gasteiger partial charge in [0, 0.05) is 18.1 Å². The molecule has 4 heteroatoms. The molecule has 0 saturated carbocycles. The van der Waals surface area contributed by atoms with Crippen molar-refractivity contribution in [2.45, 2.75) is 45.6 Å². The summed E-state index contributed by atoms with van der Waals surface area (Å²) in [5, 5.41) is 0.765. The van der Waals surface area contributed by atoms with Crippen LogP contribution in [0.3, 0.4) is 0 Å². The van der Waals surface area contributed by atoms with Crippen LogP contribution in [0, 0.1) is 0 Å². The van der Waals surface area contributed by atoms with Crippen LogP contribution >= 0.6 is 0 Å². The average molecular weight is 359 g/mol. The summed E-state index contributed by atoms with van der Waals surface area (Å²) in [4.78, 5) is 17.6. The van der Waals surface area contributed by atoms with E-state index < -0.39 is 0 Å². The smallest absolute Gasteiger partial charge is 0.213 e. The Labute approximate surface area is 159 Å². The van der Waals surface area contributed by atoms with Crippen LogP contribution in [0.5, 0.6) is 0 Å². The Balaban J connectivity index is 1.79. The molecule has 0 aliphatic carbocycles. The average Bonchev–Trinajstić information content (AvgIpc) is 3.13. The van der Waals surface area contributed by atoms with Gasteiger partial charge in [0.15, 0.2) is 0 Å². The Morgan fingerprint density at radius 2 is 1.63 bits per heavy atom. The molecule has 0 atom stereocenters. The lowest BCUT2D eigenvalue weighted by Gasteiger charge is -2.14. The van der Waals surface area contributed by atoms with E-state index in [-0.39, 0.29) is 5.43 Å². The zero-order valence-electron chi connectivity index (χ0n) is 15.8. The molecule has 0 saturated heterocycles. The van der Waals surface area contributed by atoms with Gasteiger partial charge in [-0.1, -0.05) is 56.9 Å². The molecule has 0 unspecified atom stereocenters. The summed E-state index contributed by atoms with van der Waals surface area (Å²) in [5.74, 6) is 0. The van der Waals surface area contributed by atoms with E-state index in [0.29, 0.717) is 5.69 Å². The van der Waals surface area contributed by atoms with Gasteiger partial charge in [0.05, 0.1) is 16.6 Å². The number of aromatic nitrogens is 3. The molecule has 0 fully saturated rings. The first-order chi connectivity index (χ1) is 13.3. The van der Waals surface area contributed by atoms with Crippen molar-refractivity contribution >= 4 is 21.9 Å². The van der Waals surface area contributed by atoms with Crippen LogP contribution in [0.25, 0.3) is 27.6 Å². The molecule has 2 aromatic heterocycles. The van der Waals surface area contributed by atoms with E-state index in [2.05, 4.69) is 16.5 Å². The molecule has 4 nitrogen and oxygen atoms in total. The first kappa shape index (κ1) is 17.5. The number of benzene rings is 2. The highest BCUT2D eigenvalue weighted by atomic mass is 16.1. The molecule has 138 valence electrons. The molecule has 27 heavy (non-hydrogen) atoms. The summed E-state index contributed by atoms with van der Waals surface area (Å²) in [6.45, 7) is 3.15. The van der Waals surface area contributed by atoms with E-state index in [9.17, 15) is 4.79 Å².